The van der Waals surface area contributed by atoms with Crippen LogP contribution in [0.5, 0.6) is 0 Å². The SMILES string of the molecule is O=C(c1ccc(Cl)c([N+](=O)[O-])c1)N1CCS[C@@H]1c1ccncc1. The normalized spacial score (nSPS) is 17.3. The molecule has 0 N–H and O–H groups in total. The number of rotatable bonds is 3. The van der Waals surface area contributed by atoms with Crippen molar-refractivity contribution in [2.75, 3.05) is 12.3 Å². The fourth-order valence-electron chi connectivity index (χ4n) is 2.43. The zero-order valence-electron chi connectivity index (χ0n) is 11.9. The highest BCUT2D eigenvalue weighted by molar-refractivity contribution is 7.99. The number of amides is 1. The lowest BCUT2D eigenvalue weighted by Crippen LogP contribution is -2.30. The standard InChI is InChI=1S/C15H12ClN3O3S/c16-12-2-1-11(9-13(12)19(21)22)14(20)18-7-8-23-15(18)10-3-5-17-6-4-10/h1-6,9,15H,7-8H2/t15-/m1/s1. The summed E-state index contributed by atoms with van der Waals surface area (Å²) in [7, 11) is 0. The maximum Gasteiger partial charge on any atom is 0.288 e. The van der Waals surface area contributed by atoms with Gasteiger partial charge in [0.15, 0.2) is 0 Å². The number of benzene rings is 1. The van der Waals surface area contributed by atoms with Crippen LogP contribution in [-0.4, -0.2) is 33.0 Å². The van der Waals surface area contributed by atoms with Gasteiger partial charge in [-0.05, 0) is 29.8 Å². The van der Waals surface area contributed by atoms with Gasteiger partial charge >= 0.3 is 0 Å². The maximum atomic E-state index is 12.7. The van der Waals surface area contributed by atoms with Crippen LogP contribution in [0.3, 0.4) is 0 Å². The molecule has 0 bridgehead atoms. The third-order valence-corrected chi connectivity index (χ3v) is 5.11. The second-order valence-electron chi connectivity index (χ2n) is 4.93. The summed E-state index contributed by atoms with van der Waals surface area (Å²) in [6.07, 6.45) is 3.37. The molecule has 3 rings (SSSR count). The highest BCUT2D eigenvalue weighted by Crippen LogP contribution is 2.39. The number of halogens is 1. The highest BCUT2D eigenvalue weighted by Gasteiger charge is 2.32. The molecule has 1 atom stereocenters. The summed E-state index contributed by atoms with van der Waals surface area (Å²) in [6, 6.07) is 7.88. The van der Waals surface area contributed by atoms with Gasteiger partial charge < -0.3 is 4.90 Å². The van der Waals surface area contributed by atoms with Crippen LogP contribution in [0.15, 0.2) is 42.7 Å². The second kappa shape index (κ2) is 6.55. The summed E-state index contributed by atoms with van der Waals surface area (Å²) in [5, 5.41) is 10.9. The predicted octanol–water partition coefficient (Wildman–Crippen LogP) is 3.53. The lowest BCUT2D eigenvalue weighted by Gasteiger charge is -2.24. The van der Waals surface area contributed by atoms with Gasteiger partial charge in [-0.2, -0.15) is 0 Å². The van der Waals surface area contributed by atoms with E-state index in [1.54, 1.807) is 29.1 Å². The number of carbonyl (C=O) groups is 1. The fourth-order valence-corrected chi connectivity index (χ4v) is 3.88. The Morgan fingerprint density at radius 2 is 2.09 bits per heavy atom. The molecule has 1 aromatic heterocycles. The van der Waals surface area contributed by atoms with Crippen LogP contribution in [0.2, 0.25) is 5.02 Å². The van der Waals surface area contributed by atoms with Crippen molar-refractivity contribution in [3.63, 3.8) is 0 Å². The van der Waals surface area contributed by atoms with E-state index in [2.05, 4.69) is 4.98 Å². The van der Waals surface area contributed by atoms with Crippen molar-refractivity contribution >= 4 is 35.0 Å². The molecule has 0 spiro atoms. The number of pyridine rings is 1. The number of nitro benzene ring substituents is 1. The number of nitro groups is 1. The molecule has 2 heterocycles. The van der Waals surface area contributed by atoms with Crippen molar-refractivity contribution in [3.05, 3.63) is 69.0 Å². The summed E-state index contributed by atoms with van der Waals surface area (Å²) < 4.78 is 0. The minimum absolute atomic E-state index is 0.0213. The summed E-state index contributed by atoms with van der Waals surface area (Å²) >= 11 is 7.46. The van der Waals surface area contributed by atoms with Gasteiger partial charge in [0, 0.05) is 36.3 Å². The first-order valence-electron chi connectivity index (χ1n) is 6.84. The monoisotopic (exact) mass is 349 g/mol. The lowest BCUT2D eigenvalue weighted by molar-refractivity contribution is -0.384. The van der Waals surface area contributed by atoms with Crippen LogP contribution in [0.25, 0.3) is 0 Å². The lowest BCUT2D eigenvalue weighted by atomic mass is 10.1. The molecular formula is C15H12ClN3O3S. The molecule has 0 aliphatic carbocycles. The summed E-state index contributed by atoms with van der Waals surface area (Å²) in [4.78, 5) is 28.9. The molecule has 1 saturated heterocycles. The van der Waals surface area contributed by atoms with E-state index in [0.717, 1.165) is 11.3 Å². The largest absolute Gasteiger partial charge is 0.322 e. The van der Waals surface area contributed by atoms with E-state index in [-0.39, 0.29) is 27.6 Å². The van der Waals surface area contributed by atoms with Crippen molar-refractivity contribution in [1.29, 1.82) is 0 Å². The average Bonchev–Trinajstić information content (AvgIpc) is 3.04. The van der Waals surface area contributed by atoms with E-state index in [1.165, 1.54) is 18.2 Å². The van der Waals surface area contributed by atoms with Crippen molar-refractivity contribution in [2.45, 2.75) is 5.37 Å². The van der Waals surface area contributed by atoms with E-state index in [0.29, 0.717) is 6.54 Å². The van der Waals surface area contributed by atoms with Crippen molar-refractivity contribution < 1.29 is 9.72 Å². The quantitative estimate of drug-likeness (QED) is 0.625. The predicted molar refractivity (Wildman–Crippen MR) is 88.6 cm³/mol. The molecule has 23 heavy (non-hydrogen) atoms. The molecule has 0 radical (unpaired) electrons. The van der Waals surface area contributed by atoms with Crippen LogP contribution in [0.4, 0.5) is 5.69 Å². The van der Waals surface area contributed by atoms with Crippen LogP contribution in [0, 0.1) is 10.1 Å². The average molecular weight is 350 g/mol. The van der Waals surface area contributed by atoms with E-state index in [4.69, 9.17) is 11.6 Å². The molecule has 8 heteroatoms. The topological polar surface area (TPSA) is 76.3 Å². The summed E-state index contributed by atoms with van der Waals surface area (Å²) in [6.45, 7) is 0.590. The zero-order valence-corrected chi connectivity index (χ0v) is 13.5. The Hall–Kier alpha value is -2.12. The third-order valence-electron chi connectivity index (χ3n) is 3.53. The van der Waals surface area contributed by atoms with Crippen molar-refractivity contribution in [2.24, 2.45) is 0 Å². The van der Waals surface area contributed by atoms with Crippen molar-refractivity contribution in [1.82, 2.24) is 9.88 Å². The minimum atomic E-state index is -0.585. The Morgan fingerprint density at radius 3 is 2.78 bits per heavy atom. The Bertz CT molecular complexity index is 757. The molecular weight excluding hydrogens is 338 g/mol. The zero-order chi connectivity index (χ0) is 16.4. The Morgan fingerprint density at radius 1 is 1.35 bits per heavy atom. The van der Waals surface area contributed by atoms with Gasteiger partial charge in [-0.3, -0.25) is 19.9 Å². The van der Waals surface area contributed by atoms with Gasteiger partial charge in [-0.1, -0.05) is 11.6 Å². The molecule has 0 saturated carbocycles. The van der Waals surface area contributed by atoms with Crippen LogP contribution in [0.1, 0.15) is 21.3 Å². The van der Waals surface area contributed by atoms with Gasteiger partial charge in [0.25, 0.3) is 11.6 Å². The molecule has 2 aromatic rings. The van der Waals surface area contributed by atoms with E-state index in [1.807, 2.05) is 12.1 Å². The Kier molecular flexibility index (Phi) is 4.49. The molecule has 6 nitrogen and oxygen atoms in total. The van der Waals surface area contributed by atoms with Gasteiger partial charge in [-0.25, -0.2) is 0 Å². The molecule has 1 amide bonds. The third kappa shape index (κ3) is 3.16. The first kappa shape index (κ1) is 15.8. The molecule has 1 aliphatic heterocycles. The van der Waals surface area contributed by atoms with Crippen LogP contribution >= 0.6 is 23.4 Å². The summed E-state index contributed by atoms with van der Waals surface area (Å²) in [5.74, 6) is 0.575. The maximum absolute atomic E-state index is 12.7. The van der Waals surface area contributed by atoms with Gasteiger partial charge in [0.1, 0.15) is 10.4 Å². The van der Waals surface area contributed by atoms with E-state index in [9.17, 15) is 14.9 Å². The van der Waals surface area contributed by atoms with E-state index < -0.39 is 4.92 Å². The number of carbonyl (C=O) groups excluding carboxylic acids is 1. The second-order valence-corrected chi connectivity index (χ2v) is 6.52. The Balaban J connectivity index is 1.91. The van der Waals surface area contributed by atoms with Gasteiger partial charge in [-0.15, -0.1) is 11.8 Å². The molecule has 1 aliphatic rings. The Labute approximate surface area is 141 Å². The fraction of sp³-hybridized carbons (Fsp3) is 0.200. The number of hydrogen-bond acceptors (Lipinski definition) is 5. The summed E-state index contributed by atoms with van der Waals surface area (Å²) in [5.41, 5.74) is 0.992. The van der Waals surface area contributed by atoms with Crippen LogP contribution < -0.4 is 0 Å². The van der Waals surface area contributed by atoms with E-state index >= 15 is 0 Å². The van der Waals surface area contributed by atoms with Gasteiger partial charge in [0.2, 0.25) is 0 Å². The smallest absolute Gasteiger partial charge is 0.288 e. The number of hydrogen-bond donors (Lipinski definition) is 0. The molecule has 118 valence electrons. The van der Waals surface area contributed by atoms with Gasteiger partial charge in [0.05, 0.1) is 4.92 Å². The first-order chi connectivity index (χ1) is 11.1. The van der Waals surface area contributed by atoms with Crippen LogP contribution in [-0.2, 0) is 0 Å². The highest BCUT2D eigenvalue weighted by atomic mass is 35.5. The molecule has 1 fully saturated rings. The molecule has 1 aromatic carbocycles. The minimum Gasteiger partial charge on any atom is -0.322 e. The first-order valence-corrected chi connectivity index (χ1v) is 8.27. The number of nitrogens with zero attached hydrogens (tertiary/aromatic N) is 3. The van der Waals surface area contributed by atoms with Crippen molar-refractivity contribution in [3.8, 4) is 0 Å². The number of thioether (sulfide) groups is 1. The number of aromatic nitrogens is 1. The molecule has 0 unspecified atom stereocenters.